The largest absolute Gasteiger partial charge is 0.444 e. The van der Waals surface area contributed by atoms with Crippen molar-refractivity contribution < 1.29 is 19.2 Å². The van der Waals surface area contributed by atoms with Crippen molar-refractivity contribution in [2.24, 2.45) is 5.73 Å². The Labute approximate surface area is 118 Å². The van der Waals surface area contributed by atoms with Crippen molar-refractivity contribution >= 4 is 17.9 Å². The number of nitrogens with two attached hydrogens (primary N) is 1. The lowest BCUT2D eigenvalue weighted by Crippen LogP contribution is -2.59. The minimum Gasteiger partial charge on any atom is -0.442 e. The molecule has 0 atom stereocenters. The number of hydrogen-bond acceptors (Lipinski definition) is 5. The van der Waals surface area contributed by atoms with Crippen LogP contribution >= 0.6 is 0 Å². The fourth-order valence-electron chi connectivity index (χ4n) is 2.27. The maximum atomic E-state index is 12.3. The number of carbonyl (C=O) groups excluding carboxylic acids is 2. The van der Waals surface area contributed by atoms with Crippen LogP contribution in [0.25, 0.3) is 0 Å². The van der Waals surface area contributed by atoms with Crippen molar-refractivity contribution in [3.05, 3.63) is 0 Å². The van der Waals surface area contributed by atoms with E-state index in [4.69, 9.17) is 20.7 Å². The third-order valence-electron chi connectivity index (χ3n) is 3.10. The second kappa shape index (κ2) is 5.68. The van der Waals surface area contributed by atoms with Crippen molar-refractivity contribution in [1.82, 2.24) is 5.06 Å². The van der Waals surface area contributed by atoms with E-state index in [1.54, 1.807) is 20.8 Å². The molecule has 7 heteroatoms. The first kappa shape index (κ1) is 16.3. The maximum absolute atomic E-state index is 12.3. The molecule has 3 N–H and O–H groups in total. The van der Waals surface area contributed by atoms with E-state index in [1.165, 1.54) is 6.92 Å². The first-order valence-electron chi connectivity index (χ1n) is 6.65. The first-order chi connectivity index (χ1) is 9.08. The van der Waals surface area contributed by atoms with Crippen LogP contribution in [0.5, 0.6) is 0 Å². The molecule has 114 valence electrons. The number of amides is 1. The van der Waals surface area contributed by atoms with Gasteiger partial charge in [-0.05, 0) is 33.6 Å². The van der Waals surface area contributed by atoms with Crippen LogP contribution in [-0.2, 0) is 14.4 Å². The number of ether oxygens (including phenoxy) is 1. The molecule has 0 radical (unpaired) electrons. The molecule has 1 saturated carbocycles. The van der Waals surface area contributed by atoms with Crippen LogP contribution in [0.4, 0.5) is 4.79 Å². The highest BCUT2D eigenvalue weighted by atomic mass is 16.8. The summed E-state index contributed by atoms with van der Waals surface area (Å²) in [4.78, 5) is 28.5. The van der Waals surface area contributed by atoms with Crippen molar-refractivity contribution in [2.45, 2.75) is 64.5 Å². The molecule has 1 aliphatic carbocycles. The molecule has 0 aromatic heterocycles. The Kier molecular flexibility index (Phi) is 4.62. The Hall–Kier alpha value is -1.79. The molecule has 0 bridgehead atoms. The molecular weight excluding hydrogens is 262 g/mol. The molecule has 0 aliphatic heterocycles. The van der Waals surface area contributed by atoms with E-state index in [0.29, 0.717) is 12.8 Å². The fourth-order valence-corrected chi connectivity index (χ4v) is 2.27. The smallest absolute Gasteiger partial charge is 0.442 e. The third-order valence-corrected chi connectivity index (χ3v) is 3.10. The van der Waals surface area contributed by atoms with Crippen LogP contribution in [0.2, 0.25) is 0 Å². The molecule has 1 rings (SSSR count). The van der Waals surface area contributed by atoms with E-state index in [2.05, 4.69) is 0 Å². The maximum Gasteiger partial charge on any atom is 0.444 e. The summed E-state index contributed by atoms with van der Waals surface area (Å²) >= 11 is 0. The number of rotatable bonds is 2. The number of carbonyl (C=O) groups is 2. The summed E-state index contributed by atoms with van der Waals surface area (Å²) in [6.07, 6.45) is 1.77. The molecule has 0 aromatic carbocycles. The molecule has 7 nitrogen and oxygen atoms in total. The van der Waals surface area contributed by atoms with E-state index >= 15 is 0 Å². The zero-order valence-electron chi connectivity index (χ0n) is 12.5. The molecule has 1 aliphatic rings. The average molecular weight is 285 g/mol. The van der Waals surface area contributed by atoms with Crippen LogP contribution < -0.4 is 5.73 Å². The molecule has 0 aromatic rings. The molecule has 0 heterocycles. The van der Waals surface area contributed by atoms with Gasteiger partial charge in [-0.2, -0.15) is 0 Å². The topological polar surface area (TPSA) is 106 Å². The number of nitrogens with one attached hydrogen (secondary N) is 1. The monoisotopic (exact) mass is 285 g/mol. The number of hydrogen-bond donors (Lipinski definition) is 2. The lowest BCUT2D eigenvalue weighted by molar-refractivity contribution is -0.198. The number of hydroxylamine groups is 2. The summed E-state index contributed by atoms with van der Waals surface area (Å²) in [7, 11) is 0. The Balaban J connectivity index is 3.07. The Morgan fingerprint density at radius 3 is 2.10 bits per heavy atom. The summed E-state index contributed by atoms with van der Waals surface area (Å²) in [5.74, 6) is -0.842. The SMILES string of the molecule is CC(=O)ON(C(=O)OC(C)(C)C)C1(C(=N)N)CCCC1. The van der Waals surface area contributed by atoms with Gasteiger partial charge in [0.1, 0.15) is 17.0 Å². The van der Waals surface area contributed by atoms with Crippen LogP contribution in [-0.4, -0.2) is 34.1 Å². The quantitative estimate of drug-likeness (QED) is 0.458. The van der Waals surface area contributed by atoms with Gasteiger partial charge < -0.3 is 15.3 Å². The van der Waals surface area contributed by atoms with Crippen LogP contribution in [0, 0.1) is 5.41 Å². The summed E-state index contributed by atoms with van der Waals surface area (Å²) in [5.41, 5.74) is 3.83. The van der Waals surface area contributed by atoms with Gasteiger partial charge in [-0.15, -0.1) is 5.06 Å². The van der Waals surface area contributed by atoms with Crippen molar-refractivity contribution in [3.8, 4) is 0 Å². The highest BCUT2D eigenvalue weighted by molar-refractivity contribution is 5.91. The van der Waals surface area contributed by atoms with Crippen molar-refractivity contribution in [3.63, 3.8) is 0 Å². The minimum atomic E-state index is -1.09. The van der Waals surface area contributed by atoms with Crippen LogP contribution in [0.15, 0.2) is 0 Å². The molecule has 0 saturated heterocycles. The highest BCUT2D eigenvalue weighted by Crippen LogP contribution is 2.36. The summed E-state index contributed by atoms with van der Waals surface area (Å²) in [6.45, 7) is 6.34. The van der Waals surface area contributed by atoms with Gasteiger partial charge in [0.05, 0.1) is 0 Å². The average Bonchev–Trinajstić information content (AvgIpc) is 2.72. The highest BCUT2D eigenvalue weighted by Gasteiger charge is 2.49. The summed E-state index contributed by atoms with van der Waals surface area (Å²) in [5, 5.41) is 8.62. The Bertz CT molecular complexity index is 408. The predicted molar refractivity (Wildman–Crippen MR) is 73.0 cm³/mol. The zero-order chi connectivity index (χ0) is 15.6. The van der Waals surface area contributed by atoms with E-state index in [9.17, 15) is 9.59 Å². The number of amidine groups is 1. The second-order valence-electron chi connectivity index (χ2n) is 6.01. The van der Waals surface area contributed by atoms with Crippen molar-refractivity contribution in [1.29, 1.82) is 5.41 Å². The van der Waals surface area contributed by atoms with Gasteiger partial charge in [0, 0.05) is 6.92 Å². The predicted octanol–water partition coefficient (Wildman–Crippen LogP) is 1.95. The normalized spacial score (nSPS) is 17.4. The molecule has 0 spiro atoms. The summed E-state index contributed by atoms with van der Waals surface area (Å²) < 4.78 is 5.25. The van der Waals surface area contributed by atoms with Gasteiger partial charge in [0.15, 0.2) is 0 Å². The molecular formula is C13H23N3O4. The summed E-state index contributed by atoms with van der Waals surface area (Å²) in [6, 6.07) is 0. The van der Waals surface area contributed by atoms with Gasteiger partial charge in [0.2, 0.25) is 0 Å². The zero-order valence-corrected chi connectivity index (χ0v) is 12.5. The van der Waals surface area contributed by atoms with Gasteiger partial charge in [-0.3, -0.25) is 10.2 Å². The first-order valence-corrected chi connectivity index (χ1v) is 6.65. The lowest BCUT2D eigenvalue weighted by Gasteiger charge is -2.38. The minimum absolute atomic E-state index is 0.192. The fraction of sp³-hybridized carbons (Fsp3) is 0.769. The van der Waals surface area contributed by atoms with Gasteiger partial charge in [0.25, 0.3) is 0 Å². The lowest BCUT2D eigenvalue weighted by atomic mass is 9.96. The molecule has 20 heavy (non-hydrogen) atoms. The Morgan fingerprint density at radius 2 is 1.75 bits per heavy atom. The van der Waals surface area contributed by atoms with Gasteiger partial charge in [-0.1, -0.05) is 12.8 Å². The van der Waals surface area contributed by atoms with Crippen LogP contribution in [0.1, 0.15) is 53.4 Å². The molecule has 1 amide bonds. The standard InChI is InChI=1S/C13H23N3O4/c1-9(17)20-16(11(18)19-12(2,3)4)13(10(14)15)7-5-6-8-13/h5-8H2,1-4H3,(H3,14,15). The van der Waals surface area contributed by atoms with E-state index < -0.39 is 23.2 Å². The van der Waals surface area contributed by atoms with E-state index in [-0.39, 0.29) is 5.84 Å². The third kappa shape index (κ3) is 3.61. The molecule has 1 fully saturated rings. The molecule has 0 unspecified atom stereocenters. The van der Waals surface area contributed by atoms with E-state index in [1.807, 2.05) is 0 Å². The Morgan fingerprint density at radius 1 is 1.25 bits per heavy atom. The second-order valence-corrected chi connectivity index (χ2v) is 6.01. The van der Waals surface area contributed by atoms with Gasteiger partial charge in [-0.25, -0.2) is 4.79 Å². The van der Waals surface area contributed by atoms with Gasteiger partial charge >= 0.3 is 12.1 Å². The van der Waals surface area contributed by atoms with Crippen molar-refractivity contribution in [2.75, 3.05) is 0 Å². The van der Waals surface area contributed by atoms with E-state index in [0.717, 1.165) is 17.9 Å². The number of nitrogens with zero attached hydrogens (tertiary/aromatic N) is 1. The van der Waals surface area contributed by atoms with Crippen LogP contribution in [0.3, 0.4) is 0 Å².